The second-order valence-corrected chi connectivity index (χ2v) is 6.95. The van der Waals surface area contributed by atoms with Crippen LogP contribution in [0.1, 0.15) is 27.2 Å². The highest BCUT2D eigenvalue weighted by atomic mass is 19.4. The molecule has 0 saturated carbocycles. The number of piperazine rings is 1. The van der Waals surface area contributed by atoms with E-state index in [2.05, 4.69) is 21.1 Å². The molecule has 1 aromatic heterocycles. The number of rotatable bonds is 4. The Labute approximate surface area is 167 Å². The Morgan fingerprint density at radius 1 is 1.24 bits per heavy atom. The van der Waals surface area contributed by atoms with Crippen LogP contribution in [0.25, 0.3) is 0 Å². The van der Waals surface area contributed by atoms with Crippen molar-refractivity contribution < 1.29 is 18.0 Å². The summed E-state index contributed by atoms with van der Waals surface area (Å²) >= 11 is 0. The van der Waals surface area contributed by atoms with Gasteiger partial charge in [0.1, 0.15) is 5.69 Å². The molecule has 1 amide bonds. The van der Waals surface area contributed by atoms with Crippen LogP contribution >= 0.6 is 0 Å². The van der Waals surface area contributed by atoms with E-state index in [-0.39, 0.29) is 29.1 Å². The number of carbonyl (C=O) groups excluding carboxylic acids is 1. The van der Waals surface area contributed by atoms with Gasteiger partial charge in [-0.2, -0.15) is 13.2 Å². The third-order valence-electron chi connectivity index (χ3n) is 4.85. The number of aromatic nitrogens is 1. The van der Waals surface area contributed by atoms with Gasteiger partial charge < -0.3 is 10.2 Å². The molecular weight excluding hydrogens is 381 g/mol. The molecule has 1 aromatic carbocycles. The Balaban J connectivity index is 1.82. The monoisotopic (exact) mass is 402 g/mol. The van der Waals surface area contributed by atoms with Crippen LogP contribution < -0.4 is 5.32 Å². The first-order chi connectivity index (χ1) is 13.8. The standard InChI is InChI=1S/C21H21F3N4O/c1-3-19-17(5-4-8-25-19)20(29)26-16-7-6-15(18(13-16)21(22,23)24)14-28-11-9-27(2)10-12-28/h1,4-8,13H,9-12,14H2,2H3,(H,26,29). The highest BCUT2D eigenvalue weighted by Gasteiger charge is 2.34. The van der Waals surface area contributed by atoms with Crippen molar-refractivity contribution >= 4 is 11.6 Å². The number of alkyl halides is 3. The Bertz CT molecular complexity index is 928. The van der Waals surface area contributed by atoms with Crippen molar-refractivity contribution in [2.24, 2.45) is 0 Å². The predicted octanol–water partition coefficient (Wildman–Crippen LogP) is 3.08. The second-order valence-electron chi connectivity index (χ2n) is 6.95. The normalized spacial score (nSPS) is 15.7. The number of pyridine rings is 1. The summed E-state index contributed by atoms with van der Waals surface area (Å²) < 4.78 is 40.9. The van der Waals surface area contributed by atoms with E-state index >= 15 is 0 Å². The lowest BCUT2D eigenvalue weighted by atomic mass is 10.0. The molecule has 2 heterocycles. The number of terminal acetylenes is 1. The van der Waals surface area contributed by atoms with Crippen LogP contribution in [0.2, 0.25) is 0 Å². The van der Waals surface area contributed by atoms with E-state index in [1.807, 2.05) is 11.9 Å². The fraction of sp³-hybridized carbons (Fsp3) is 0.333. The van der Waals surface area contributed by atoms with Crippen molar-refractivity contribution in [3.63, 3.8) is 0 Å². The summed E-state index contributed by atoms with van der Waals surface area (Å²) in [5.74, 6) is 1.69. The molecule has 0 spiro atoms. The van der Waals surface area contributed by atoms with Gasteiger partial charge in [0.15, 0.2) is 0 Å². The van der Waals surface area contributed by atoms with E-state index in [0.29, 0.717) is 13.1 Å². The number of hydrogen-bond acceptors (Lipinski definition) is 4. The summed E-state index contributed by atoms with van der Waals surface area (Å²) in [5, 5.41) is 2.49. The Morgan fingerprint density at radius 3 is 2.62 bits per heavy atom. The number of halogens is 3. The number of amides is 1. The van der Waals surface area contributed by atoms with Gasteiger partial charge in [-0.3, -0.25) is 9.69 Å². The molecule has 152 valence electrons. The van der Waals surface area contributed by atoms with Gasteiger partial charge in [0.25, 0.3) is 5.91 Å². The van der Waals surface area contributed by atoms with Crippen molar-refractivity contribution in [1.82, 2.24) is 14.8 Å². The molecule has 0 atom stereocenters. The summed E-state index contributed by atoms with van der Waals surface area (Å²) in [4.78, 5) is 20.5. The van der Waals surface area contributed by atoms with Crippen molar-refractivity contribution in [3.05, 3.63) is 58.9 Å². The molecule has 8 heteroatoms. The van der Waals surface area contributed by atoms with Crippen LogP contribution in [0.4, 0.5) is 18.9 Å². The molecule has 1 aliphatic rings. The molecule has 0 radical (unpaired) electrons. The molecule has 0 bridgehead atoms. The lowest BCUT2D eigenvalue weighted by Gasteiger charge is -2.33. The Hall–Kier alpha value is -2.89. The van der Waals surface area contributed by atoms with Crippen molar-refractivity contribution in [1.29, 1.82) is 0 Å². The molecule has 1 N–H and O–H groups in total. The number of carbonyl (C=O) groups is 1. The quantitative estimate of drug-likeness (QED) is 0.799. The number of hydrogen-bond donors (Lipinski definition) is 1. The predicted molar refractivity (Wildman–Crippen MR) is 104 cm³/mol. The zero-order valence-electron chi connectivity index (χ0n) is 16.0. The van der Waals surface area contributed by atoms with E-state index in [9.17, 15) is 18.0 Å². The minimum Gasteiger partial charge on any atom is -0.322 e. The van der Waals surface area contributed by atoms with Gasteiger partial charge >= 0.3 is 6.18 Å². The van der Waals surface area contributed by atoms with E-state index in [4.69, 9.17) is 6.42 Å². The first kappa shape index (κ1) is 20.8. The first-order valence-corrected chi connectivity index (χ1v) is 9.12. The average Bonchev–Trinajstić information content (AvgIpc) is 2.70. The summed E-state index contributed by atoms with van der Waals surface area (Å²) in [7, 11) is 1.99. The summed E-state index contributed by atoms with van der Waals surface area (Å²) in [6.45, 7) is 3.27. The molecule has 0 unspecified atom stereocenters. The van der Waals surface area contributed by atoms with Crippen molar-refractivity contribution in [3.8, 4) is 12.3 Å². The fourth-order valence-corrected chi connectivity index (χ4v) is 3.20. The van der Waals surface area contributed by atoms with Gasteiger partial charge in [-0.1, -0.05) is 6.07 Å². The number of likely N-dealkylation sites (N-methyl/N-ethyl adjacent to an activating group) is 1. The molecule has 2 aromatic rings. The lowest BCUT2D eigenvalue weighted by molar-refractivity contribution is -0.138. The van der Waals surface area contributed by atoms with Gasteiger partial charge in [-0.15, -0.1) is 6.42 Å². The largest absolute Gasteiger partial charge is 0.416 e. The minimum absolute atomic E-state index is 0.0521. The third kappa shape index (κ3) is 5.13. The van der Waals surface area contributed by atoms with Crippen LogP contribution in [0.15, 0.2) is 36.5 Å². The number of benzene rings is 1. The summed E-state index contributed by atoms with van der Waals surface area (Å²) in [6.07, 6.45) is 2.25. The highest BCUT2D eigenvalue weighted by Crippen LogP contribution is 2.34. The van der Waals surface area contributed by atoms with Crippen LogP contribution in [0.3, 0.4) is 0 Å². The third-order valence-corrected chi connectivity index (χ3v) is 4.85. The van der Waals surface area contributed by atoms with Crippen LogP contribution in [-0.4, -0.2) is 53.9 Å². The lowest BCUT2D eigenvalue weighted by Crippen LogP contribution is -2.44. The zero-order valence-corrected chi connectivity index (χ0v) is 16.0. The van der Waals surface area contributed by atoms with Gasteiger partial charge in [0.2, 0.25) is 0 Å². The molecule has 29 heavy (non-hydrogen) atoms. The maximum atomic E-state index is 13.6. The van der Waals surface area contributed by atoms with Gasteiger partial charge in [-0.05, 0) is 42.8 Å². The van der Waals surface area contributed by atoms with Gasteiger partial charge in [-0.25, -0.2) is 4.98 Å². The second kappa shape index (κ2) is 8.64. The number of anilines is 1. The maximum absolute atomic E-state index is 13.6. The van der Waals surface area contributed by atoms with Gasteiger partial charge in [0, 0.05) is 44.6 Å². The smallest absolute Gasteiger partial charge is 0.322 e. The Kier molecular flexibility index (Phi) is 6.20. The summed E-state index contributed by atoms with van der Waals surface area (Å²) in [6, 6.07) is 6.88. The maximum Gasteiger partial charge on any atom is 0.416 e. The zero-order chi connectivity index (χ0) is 21.0. The van der Waals surface area contributed by atoms with E-state index in [1.165, 1.54) is 30.5 Å². The first-order valence-electron chi connectivity index (χ1n) is 9.12. The molecule has 1 aliphatic heterocycles. The summed E-state index contributed by atoms with van der Waals surface area (Å²) in [5.41, 5.74) is -0.252. The van der Waals surface area contributed by atoms with Gasteiger partial charge in [0.05, 0.1) is 11.1 Å². The van der Waals surface area contributed by atoms with Crippen molar-refractivity contribution in [2.75, 3.05) is 38.5 Å². The van der Waals surface area contributed by atoms with Crippen LogP contribution in [0, 0.1) is 12.3 Å². The topological polar surface area (TPSA) is 48.5 Å². The molecular formula is C21H21F3N4O. The fourth-order valence-electron chi connectivity index (χ4n) is 3.20. The SMILES string of the molecule is C#Cc1ncccc1C(=O)Nc1ccc(CN2CCN(C)CC2)c(C(F)(F)F)c1. The molecule has 1 fully saturated rings. The molecule has 1 saturated heterocycles. The minimum atomic E-state index is -4.53. The highest BCUT2D eigenvalue weighted by molar-refractivity contribution is 6.05. The van der Waals surface area contributed by atoms with E-state index in [1.54, 1.807) is 0 Å². The van der Waals surface area contributed by atoms with Crippen LogP contribution in [-0.2, 0) is 12.7 Å². The number of nitrogens with zero attached hydrogens (tertiary/aromatic N) is 3. The number of nitrogens with one attached hydrogen (secondary N) is 1. The molecule has 3 rings (SSSR count). The van der Waals surface area contributed by atoms with E-state index in [0.717, 1.165) is 19.2 Å². The molecule has 5 nitrogen and oxygen atoms in total. The van der Waals surface area contributed by atoms with Crippen molar-refractivity contribution in [2.45, 2.75) is 12.7 Å². The van der Waals surface area contributed by atoms with Crippen LogP contribution in [0.5, 0.6) is 0 Å². The Morgan fingerprint density at radius 2 is 1.97 bits per heavy atom. The van der Waals surface area contributed by atoms with E-state index < -0.39 is 17.6 Å². The average molecular weight is 402 g/mol. The molecule has 0 aliphatic carbocycles.